The van der Waals surface area contributed by atoms with Gasteiger partial charge in [-0.1, -0.05) is 25.0 Å². The van der Waals surface area contributed by atoms with Crippen molar-refractivity contribution in [2.45, 2.75) is 36.6 Å². The van der Waals surface area contributed by atoms with Crippen LogP contribution in [0, 0.1) is 0 Å². The number of anilines is 3. The molecule has 1 heterocycles. The van der Waals surface area contributed by atoms with Crippen LogP contribution in [0.1, 0.15) is 25.7 Å². The lowest BCUT2D eigenvalue weighted by Gasteiger charge is -2.24. The van der Waals surface area contributed by atoms with Crippen molar-refractivity contribution in [2.75, 3.05) is 10.2 Å². The third-order valence-electron chi connectivity index (χ3n) is 5.39. The largest absolute Gasteiger partial charge is 0.324 e. The van der Waals surface area contributed by atoms with E-state index in [4.69, 9.17) is 5.14 Å². The number of nitrogens with two attached hydrogens (primary N) is 1. The molecule has 1 saturated carbocycles. The van der Waals surface area contributed by atoms with Gasteiger partial charge in [0.2, 0.25) is 22.4 Å². The van der Waals surface area contributed by atoms with Gasteiger partial charge in [0.25, 0.3) is 0 Å². The average molecular weight is 438 g/mol. The van der Waals surface area contributed by atoms with Crippen molar-refractivity contribution in [1.82, 2.24) is 9.97 Å². The first-order valence-corrected chi connectivity index (χ1v) is 11.6. The number of aromatic nitrogens is 2. The van der Waals surface area contributed by atoms with Crippen molar-refractivity contribution in [3.8, 4) is 11.3 Å². The molecule has 0 atom stereocenters. The van der Waals surface area contributed by atoms with Crippen molar-refractivity contribution in [3.63, 3.8) is 0 Å². The normalized spacial score (nSPS) is 14.4. The van der Waals surface area contributed by atoms with Gasteiger partial charge in [-0.05, 0) is 55.3 Å². The van der Waals surface area contributed by atoms with Crippen LogP contribution in [0.15, 0.2) is 65.7 Å². The second-order valence-corrected chi connectivity index (χ2v) is 9.02. The van der Waals surface area contributed by atoms with E-state index in [9.17, 15) is 13.2 Å². The Balaban J connectivity index is 1.50. The molecule has 1 aliphatic rings. The Morgan fingerprint density at radius 3 is 2.29 bits per heavy atom. The number of amides is 1. The highest BCUT2D eigenvalue weighted by Gasteiger charge is 2.22. The van der Waals surface area contributed by atoms with E-state index in [1.807, 2.05) is 29.2 Å². The topological polar surface area (TPSA) is 118 Å². The number of nitrogens with one attached hydrogen (secondary N) is 1. The maximum Gasteiger partial charge on any atom is 0.238 e. The van der Waals surface area contributed by atoms with Gasteiger partial charge in [0.1, 0.15) is 0 Å². The predicted molar refractivity (Wildman–Crippen MR) is 119 cm³/mol. The van der Waals surface area contributed by atoms with E-state index in [1.54, 1.807) is 24.4 Å². The van der Waals surface area contributed by atoms with Crippen LogP contribution < -0.4 is 15.4 Å². The SMILES string of the molecule is NS(=O)(=O)c1ccc(Nc2nccc(-c3ccc(N(C=O)C4CCCC4)cc3)n2)cc1. The van der Waals surface area contributed by atoms with Gasteiger partial charge in [-0.15, -0.1) is 0 Å². The molecular weight excluding hydrogens is 414 g/mol. The van der Waals surface area contributed by atoms with Crippen molar-refractivity contribution >= 4 is 33.8 Å². The first kappa shape index (κ1) is 21.0. The molecule has 31 heavy (non-hydrogen) atoms. The predicted octanol–water partition coefficient (Wildman–Crippen LogP) is 3.44. The molecule has 9 heteroatoms. The Kier molecular flexibility index (Phi) is 5.97. The Hall–Kier alpha value is -3.30. The zero-order valence-electron chi connectivity index (χ0n) is 16.8. The number of carbonyl (C=O) groups excluding carboxylic acids is 1. The second-order valence-electron chi connectivity index (χ2n) is 7.46. The molecule has 2 aromatic carbocycles. The Morgan fingerprint density at radius 1 is 1.00 bits per heavy atom. The molecule has 1 aliphatic carbocycles. The minimum absolute atomic E-state index is 0.0368. The number of sulfonamides is 1. The Bertz CT molecular complexity index is 1160. The van der Waals surface area contributed by atoms with E-state index in [0.717, 1.165) is 49.0 Å². The highest BCUT2D eigenvalue weighted by molar-refractivity contribution is 7.89. The molecule has 4 rings (SSSR count). The number of nitrogens with zero attached hydrogens (tertiary/aromatic N) is 3. The summed E-state index contributed by atoms with van der Waals surface area (Å²) in [7, 11) is -3.74. The number of hydrogen-bond donors (Lipinski definition) is 2. The van der Waals surface area contributed by atoms with Gasteiger partial charge in [0, 0.05) is 29.2 Å². The van der Waals surface area contributed by atoms with Gasteiger partial charge in [0.15, 0.2) is 0 Å². The van der Waals surface area contributed by atoms with Crippen LogP contribution in [0.3, 0.4) is 0 Å². The number of benzene rings is 2. The van der Waals surface area contributed by atoms with Crippen LogP contribution >= 0.6 is 0 Å². The highest BCUT2D eigenvalue weighted by Crippen LogP contribution is 2.29. The van der Waals surface area contributed by atoms with Crippen LogP contribution in [0.4, 0.5) is 17.3 Å². The molecule has 1 aromatic heterocycles. The van der Waals surface area contributed by atoms with Gasteiger partial charge >= 0.3 is 0 Å². The lowest BCUT2D eigenvalue weighted by molar-refractivity contribution is -0.107. The van der Waals surface area contributed by atoms with Crippen LogP contribution in [0.25, 0.3) is 11.3 Å². The highest BCUT2D eigenvalue weighted by atomic mass is 32.2. The molecule has 3 aromatic rings. The molecule has 0 unspecified atom stereocenters. The molecule has 160 valence electrons. The summed E-state index contributed by atoms with van der Waals surface area (Å²) in [5.74, 6) is 0.380. The molecule has 0 saturated heterocycles. The molecule has 8 nitrogen and oxygen atoms in total. The minimum atomic E-state index is -3.74. The van der Waals surface area contributed by atoms with E-state index in [0.29, 0.717) is 11.6 Å². The maximum atomic E-state index is 11.6. The third-order valence-corrected chi connectivity index (χ3v) is 6.32. The fourth-order valence-electron chi connectivity index (χ4n) is 3.78. The standard InChI is InChI=1S/C22H23N5O3S/c23-31(29,30)20-11-7-17(8-12-20)25-22-24-14-13-21(26-22)16-5-9-19(10-6-16)27(15-28)18-3-1-2-4-18/h5-15,18H,1-4H2,(H2,23,29,30)(H,24,25,26). The van der Waals surface area contributed by atoms with Crippen LogP contribution in [-0.2, 0) is 14.8 Å². The van der Waals surface area contributed by atoms with E-state index >= 15 is 0 Å². The number of carbonyl (C=O) groups is 1. The van der Waals surface area contributed by atoms with Crippen molar-refractivity contribution in [2.24, 2.45) is 5.14 Å². The lowest BCUT2D eigenvalue weighted by Crippen LogP contribution is -2.31. The molecule has 0 bridgehead atoms. The van der Waals surface area contributed by atoms with Crippen molar-refractivity contribution in [3.05, 3.63) is 60.8 Å². The second kappa shape index (κ2) is 8.83. The number of hydrogen-bond acceptors (Lipinski definition) is 6. The fraction of sp³-hybridized carbons (Fsp3) is 0.227. The fourth-order valence-corrected chi connectivity index (χ4v) is 4.30. The first-order chi connectivity index (χ1) is 14.9. The third kappa shape index (κ3) is 4.89. The van der Waals surface area contributed by atoms with Crippen LogP contribution in [-0.4, -0.2) is 30.8 Å². The first-order valence-electron chi connectivity index (χ1n) is 10.0. The molecule has 3 N–H and O–H groups in total. The molecule has 0 aliphatic heterocycles. The van der Waals surface area contributed by atoms with Gasteiger partial charge in [0.05, 0.1) is 10.6 Å². The van der Waals surface area contributed by atoms with Gasteiger partial charge in [-0.2, -0.15) is 0 Å². The van der Waals surface area contributed by atoms with Crippen LogP contribution in [0.5, 0.6) is 0 Å². The summed E-state index contributed by atoms with van der Waals surface area (Å²) in [6.45, 7) is 0. The van der Waals surface area contributed by atoms with Crippen molar-refractivity contribution in [1.29, 1.82) is 0 Å². The maximum absolute atomic E-state index is 11.6. The zero-order chi connectivity index (χ0) is 21.8. The molecule has 1 amide bonds. The summed E-state index contributed by atoms with van der Waals surface area (Å²) in [5, 5.41) is 8.18. The summed E-state index contributed by atoms with van der Waals surface area (Å²) < 4.78 is 22.7. The molecule has 0 radical (unpaired) electrons. The molecule has 0 spiro atoms. The smallest absolute Gasteiger partial charge is 0.238 e. The average Bonchev–Trinajstić information content (AvgIpc) is 3.29. The quantitative estimate of drug-likeness (QED) is 0.547. The molecule has 1 fully saturated rings. The van der Waals surface area contributed by atoms with Crippen molar-refractivity contribution < 1.29 is 13.2 Å². The summed E-state index contributed by atoms with van der Waals surface area (Å²) in [4.78, 5) is 22.2. The van der Waals surface area contributed by atoms with E-state index in [2.05, 4.69) is 15.3 Å². The summed E-state index contributed by atoms with van der Waals surface area (Å²) in [5.41, 5.74) is 3.14. The summed E-state index contributed by atoms with van der Waals surface area (Å²) >= 11 is 0. The number of rotatable bonds is 7. The minimum Gasteiger partial charge on any atom is -0.324 e. The lowest BCUT2D eigenvalue weighted by atomic mass is 10.1. The van der Waals surface area contributed by atoms with E-state index in [1.165, 1.54) is 12.1 Å². The zero-order valence-corrected chi connectivity index (χ0v) is 17.6. The Morgan fingerprint density at radius 2 is 1.68 bits per heavy atom. The van der Waals surface area contributed by atoms with Crippen LogP contribution in [0.2, 0.25) is 0 Å². The summed E-state index contributed by atoms with van der Waals surface area (Å²) in [6, 6.07) is 15.9. The van der Waals surface area contributed by atoms with Gasteiger partial charge < -0.3 is 10.2 Å². The monoisotopic (exact) mass is 437 g/mol. The van der Waals surface area contributed by atoms with Gasteiger partial charge in [-0.25, -0.2) is 23.5 Å². The van der Waals surface area contributed by atoms with Gasteiger partial charge in [-0.3, -0.25) is 4.79 Å². The van der Waals surface area contributed by atoms with E-state index in [-0.39, 0.29) is 10.9 Å². The number of primary sulfonamides is 1. The molecular formula is C22H23N5O3S. The van der Waals surface area contributed by atoms with E-state index < -0.39 is 10.0 Å². The summed E-state index contributed by atoms with van der Waals surface area (Å²) in [6.07, 6.45) is 6.97. The Labute approximate surface area is 181 Å².